The standard InChI is InChI=1S/C28H21ClF5N5O2/c1-39-25(12-4-5-35-11-12)18-10-20(36-26(40)13-6-14(28(32,33)34)8-16(31)7-13)21-22(24(18)38-39)27(41)37-23(21)17-9-15(30)2-3-19(17)29/h2-3,6-10,12,23,35H,4-5,11H2,1H3,(H,36,40)(H,37,41). The van der Waals surface area contributed by atoms with Gasteiger partial charge >= 0.3 is 6.18 Å². The highest BCUT2D eigenvalue weighted by molar-refractivity contribution is 6.31. The van der Waals surface area contributed by atoms with E-state index in [9.17, 15) is 31.5 Å². The molecule has 3 heterocycles. The number of nitrogens with zero attached hydrogens (tertiary/aromatic N) is 2. The summed E-state index contributed by atoms with van der Waals surface area (Å²) in [4.78, 5) is 26.7. The number of aryl methyl sites for hydroxylation is 1. The van der Waals surface area contributed by atoms with Crippen LogP contribution in [0.3, 0.4) is 0 Å². The summed E-state index contributed by atoms with van der Waals surface area (Å²) in [6.45, 7) is 1.43. The molecule has 2 atom stereocenters. The van der Waals surface area contributed by atoms with Crippen molar-refractivity contribution < 1.29 is 31.5 Å². The first kappa shape index (κ1) is 27.2. The van der Waals surface area contributed by atoms with Gasteiger partial charge in [0.1, 0.15) is 17.2 Å². The minimum atomic E-state index is -4.88. The van der Waals surface area contributed by atoms with E-state index in [2.05, 4.69) is 21.0 Å². The highest BCUT2D eigenvalue weighted by atomic mass is 35.5. The maximum Gasteiger partial charge on any atom is 0.416 e. The Bertz CT molecular complexity index is 1750. The second-order valence-electron chi connectivity index (χ2n) is 10.1. The van der Waals surface area contributed by atoms with E-state index in [-0.39, 0.29) is 33.3 Å². The minimum Gasteiger partial charge on any atom is -0.341 e. The molecule has 0 aliphatic carbocycles. The molecule has 41 heavy (non-hydrogen) atoms. The van der Waals surface area contributed by atoms with Gasteiger partial charge in [-0.2, -0.15) is 18.3 Å². The first-order chi connectivity index (χ1) is 19.4. The highest BCUT2D eigenvalue weighted by Gasteiger charge is 2.39. The lowest BCUT2D eigenvalue weighted by molar-refractivity contribution is -0.137. The molecule has 0 spiro atoms. The Morgan fingerprint density at radius 2 is 1.90 bits per heavy atom. The van der Waals surface area contributed by atoms with Crippen LogP contribution in [0.4, 0.5) is 27.6 Å². The van der Waals surface area contributed by atoms with E-state index >= 15 is 0 Å². The number of carbonyl (C=O) groups excluding carboxylic acids is 2. The summed E-state index contributed by atoms with van der Waals surface area (Å²) in [6.07, 6.45) is -4.09. The third kappa shape index (κ3) is 4.70. The Hall–Kier alpha value is -4.03. The van der Waals surface area contributed by atoms with E-state index in [0.717, 1.165) is 30.8 Å². The van der Waals surface area contributed by atoms with Crippen LogP contribution in [0.25, 0.3) is 10.9 Å². The molecule has 0 saturated carbocycles. The Balaban J connectivity index is 1.55. The lowest BCUT2D eigenvalue weighted by Crippen LogP contribution is -2.21. The van der Waals surface area contributed by atoms with Crippen molar-refractivity contribution in [1.29, 1.82) is 0 Å². The maximum absolute atomic E-state index is 14.3. The zero-order valence-corrected chi connectivity index (χ0v) is 22.1. The van der Waals surface area contributed by atoms with Crippen LogP contribution in [0.15, 0.2) is 42.5 Å². The molecule has 1 aromatic heterocycles. The molecule has 0 bridgehead atoms. The Labute approximate surface area is 234 Å². The normalized spacial score (nSPS) is 18.6. The van der Waals surface area contributed by atoms with Gasteiger partial charge in [0.2, 0.25) is 0 Å². The number of fused-ring (bicyclic) bond motifs is 3. The van der Waals surface area contributed by atoms with Gasteiger partial charge in [0.15, 0.2) is 0 Å². The number of carbonyl (C=O) groups is 2. The van der Waals surface area contributed by atoms with Crippen molar-refractivity contribution in [3.05, 3.63) is 92.6 Å². The molecule has 3 aromatic carbocycles. The topological polar surface area (TPSA) is 88.1 Å². The van der Waals surface area contributed by atoms with Crippen LogP contribution in [0.2, 0.25) is 5.02 Å². The summed E-state index contributed by atoms with van der Waals surface area (Å²) in [7, 11) is 1.73. The van der Waals surface area contributed by atoms with E-state index in [1.165, 1.54) is 6.07 Å². The predicted octanol–water partition coefficient (Wildman–Crippen LogP) is 5.69. The molecular formula is C28H21ClF5N5O2. The van der Waals surface area contributed by atoms with Gasteiger partial charge < -0.3 is 16.0 Å². The molecule has 2 aliphatic rings. The lowest BCUT2D eigenvalue weighted by Gasteiger charge is -2.19. The smallest absolute Gasteiger partial charge is 0.341 e. The number of anilines is 1. The third-order valence-corrected chi connectivity index (χ3v) is 7.80. The van der Waals surface area contributed by atoms with E-state index in [1.807, 2.05) is 0 Å². The molecule has 212 valence electrons. The quantitative estimate of drug-likeness (QED) is 0.267. The number of alkyl halides is 3. The van der Waals surface area contributed by atoms with Gasteiger partial charge in [-0.15, -0.1) is 0 Å². The van der Waals surface area contributed by atoms with Crippen molar-refractivity contribution in [2.24, 2.45) is 7.05 Å². The monoisotopic (exact) mass is 589 g/mol. The number of rotatable bonds is 4. The van der Waals surface area contributed by atoms with Gasteiger partial charge in [0.25, 0.3) is 11.8 Å². The molecule has 6 rings (SSSR count). The summed E-state index contributed by atoms with van der Waals surface area (Å²) in [5.74, 6) is -3.40. The number of amides is 2. The largest absolute Gasteiger partial charge is 0.416 e. The highest BCUT2D eigenvalue weighted by Crippen LogP contribution is 2.44. The lowest BCUT2D eigenvalue weighted by atomic mass is 9.92. The molecule has 7 nitrogen and oxygen atoms in total. The Morgan fingerprint density at radius 1 is 1.12 bits per heavy atom. The van der Waals surface area contributed by atoms with Gasteiger partial charge in [0, 0.05) is 52.3 Å². The number of benzene rings is 3. The molecular weight excluding hydrogens is 569 g/mol. The maximum atomic E-state index is 14.3. The number of hydrogen-bond donors (Lipinski definition) is 3. The number of aromatic nitrogens is 2. The fourth-order valence-electron chi connectivity index (χ4n) is 5.69. The first-order valence-electron chi connectivity index (χ1n) is 12.6. The van der Waals surface area contributed by atoms with E-state index in [1.54, 1.807) is 17.8 Å². The first-order valence-corrected chi connectivity index (χ1v) is 13.0. The average Bonchev–Trinajstić information content (AvgIpc) is 3.62. The minimum absolute atomic E-state index is 0.0436. The van der Waals surface area contributed by atoms with Gasteiger partial charge in [0.05, 0.1) is 22.9 Å². The summed E-state index contributed by atoms with van der Waals surface area (Å²) in [6, 6.07) is 5.73. The summed E-state index contributed by atoms with van der Waals surface area (Å²) in [5, 5.41) is 13.9. The second kappa shape index (κ2) is 9.81. The Morgan fingerprint density at radius 3 is 2.61 bits per heavy atom. The van der Waals surface area contributed by atoms with Crippen molar-refractivity contribution in [2.75, 3.05) is 18.4 Å². The van der Waals surface area contributed by atoms with Crippen LogP contribution < -0.4 is 16.0 Å². The van der Waals surface area contributed by atoms with Crippen molar-refractivity contribution in [3.63, 3.8) is 0 Å². The van der Waals surface area contributed by atoms with E-state index < -0.39 is 46.8 Å². The number of halogens is 6. The third-order valence-electron chi connectivity index (χ3n) is 7.46. The van der Waals surface area contributed by atoms with Crippen molar-refractivity contribution in [2.45, 2.75) is 24.6 Å². The van der Waals surface area contributed by atoms with Crippen LogP contribution in [0.5, 0.6) is 0 Å². The molecule has 0 radical (unpaired) electrons. The average molecular weight is 590 g/mol. The molecule has 2 unspecified atom stereocenters. The SMILES string of the molecule is Cn1nc2c3c(c(NC(=O)c4cc(F)cc(C(F)(F)F)c4)cc2c1C1CCNC1)C(c1cc(F)ccc1Cl)NC3=O. The molecule has 13 heteroatoms. The summed E-state index contributed by atoms with van der Waals surface area (Å²) >= 11 is 6.38. The van der Waals surface area contributed by atoms with Crippen LogP contribution in [-0.4, -0.2) is 34.7 Å². The van der Waals surface area contributed by atoms with E-state index in [4.69, 9.17) is 11.6 Å². The Kier molecular flexibility index (Phi) is 6.50. The number of nitrogens with one attached hydrogen (secondary N) is 3. The van der Waals surface area contributed by atoms with Crippen LogP contribution in [-0.2, 0) is 13.2 Å². The van der Waals surface area contributed by atoms with Gasteiger partial charge in [-0.25, -0.2) is 8.78 Å². The van der Waals surface area contributed by atoms with Gasteiger partial charge in [-0.3, -0.25) is 14.3 Å². The molecule has 1 saturated heterocycles. The fraction of sp³-hybridized carbons (Fsp3) is 0.250. The van der Waals surface area contributed by atoms with Gasteiger partial charge in [-0.05, 0) is 55.4 Å². The molecule has 3 N–H and O–H groups in total. The van der Waals surface area contributed by atoms with Gasteiger partial charge in [-0.1, -0.05) is 11.6 Å². The molecule has 1 fully saturated rings. The van der Waals surface area contributed by atoms with E-state index in [0.29, 0.717) is 35.6 Å². The van der Waals surface area contributed by atoms with Crippen LogP contribution in [0, 0.1) is 11.6 Å². The fourth-order valence-corrected chi connectivity index (χ4v) is 5.92. The van der Waals surface area contributed by atoms with Crippen LogP contribution >= 0.6 is 11.6 Å². The molecule has 2 aliphatic heterocycles. The zero-order valence-electron chi connectivity index (χ0n) is 21.3. The predicted molar refractivity (Wildman–Crippen MR) is 141 cm³/mol. The summed E-state index contributed by atoms with van der Waals surface area (Å²) < 4.78 is 70.1. The number of hydrogen-bond acceptors (Lipinski definition) is 4. The van der Waals surface area contributed by atoms with Crippen molar-refractivity contribution in [1.82, 2.24) is 20.4 Å². The molecule has 2 amide bonds. The molecule has 4 aromatic rings. The zero-order chi connectivity index (χ0) is 29.2. The van der Waals surface area contributed by atoms with Crippen molar-refractivity contribution in [3.8, 4) is 0 Å². The van der Waals surface area contributed by atoms with Crippen molar-refractivity contribution >= 4 is 40.0 Å². The summed E-state index contributed by atoms with van der Waals surface area (Å²) in [5.41, 5.74) is -0.151. The second-order valence-corrected chi connectivity index (χ2v) is 10.5. The van der Waals surface area contributed by atoms with Crippen LogP contribution in [0.1, 0.15) is 61.5 Å².